The number of sulfone groups is 1. The highest BCUT2D eigenvalue weighted by Crippen LogP contribution is 2.44. The number of ether oxygens (including phenoxy) is 3. The molecule has 0 heterocycles. The van der Waals surface area contributed by atoms with Gasteiger partial charge in [0.2, 0.25) is 0 Å². The largest absolute Gasteiger partial charge is 0.496 e. The molecule has 1 unspecified atom stereocenters. The summed E-state index contributed by atoms with van der Waals surface area (Å²) in [5, 5.41) is -0.967. The second-order valence-electron chi connectivity index (χ2n) is 6.10. The maximum atomic E-state index is 13.6. The van der Waals surface area contributed by atoms with Gasteiger partial charge in [0, 0.05) is 11.6 Å². The SMILES string of the molecule is COc1cc(OC)c(C(c2ccccc2)S(=O)(=O)c2ccccc2)cc1OC. The maximum absolute atomic E-state index is 13.6. The van der Waals surface area contributed by atoms with Crippen LogP contribution < -0.4 is 14.2 Å². The molecule has 1 atom stereocenters. The lowest BCUT2D eigenvalue weighted by Gasteiger charge is -2.22. The van der Waals surface area contributed by atoms with Gasteiger partial charge in [0.05, 0.1) is 26.2 Å². The Labute approximate surface area is 165 Å². The molecule has 3 rings (SSSR count). The molecule has 0 spiro atoms. The van der Waals surface area contributed by atoms with Gasteiger partial charge in [-0.2, -0.15) is 0 Å². The Hall–Kier alpha value is -2.99. The Morgan fingerprint density at radius 1 is 0.679 bits per heavy atom. The summed E-state index contributed by atoms with van der Waals surface area (Å²) in [7, 11) is 0.773. The molecule has 0 bridgehead atoms. The third-order valence-electron chi connectivity index (χ3n) is 4.50. The minimum Gasteiger partial charge on any atom is -0.496 e. The fourth-order valence-corrected chi connectivity index (χ4v) is 5.00. The first-order valence-corrected chi connectivity index (χ1v) is 10.2. The quantitative estimate of drug-likeness (QED) is 0.595. The van der Waals surface area contributed by atoms with Gasteiger partial charge in [0.15, 0.2) is 21.3 Å². The molecule has 0 radical (unpaired) electrons. The fourth-order valence-electron chi connectivity index (χ4n) is 3.16. The zero-order valence-corrected chi connectivity index (χ0v) is 16.8. The van der Waals surface area contributed by atoms with Crippen LogP contribution in [0.3, 0.4) is 0 Å². The van der Waals surface area contributed by atoms with Crippen molar-refractivity contribution in [1.29, 1.82) is 0 Å². The molecule has 3 aromatic rings. The van der Waals surface area contributed by atoms with E-state index in [1.54, 1.807) is 54.6 Å². The van der Waals surface area contributed by atoms with Crippen molar-refractivity contribution in [3.8, 4) is 17.2 Å². The van der Waals surface area contributed by atoms with E-state index in [9.17, 15) is 8.42 Å². The highest BCUT2D eigenvalue weighted by atomic mass is 32.2. The van der Waals surface area contributed by atoms with Crippen molar-refractivity contribution in [3.05, 3.63) is 83.9 Å². The summed E-state index contributed by atoms with van der Waals surface area (Å²) in [6.45, 7) is 0. The van der Waals surface area contributed by atoms with E-state index in [1.807, 2.05) is 18.2 Å². The van der Waals surface area contributed by atoms with Crippen molar-refractivity contribution < 1.29 is 22.6 Å². The Kier molecular flexibility index (Phi) is 5.90. The Morgan fingerprint density at radius 2 is 1.18 bits per heavy atom. The van der Waals surface area contributed by atoms with Gasteiger partial charge in [0.25, 0.3) is 0 Å². The van der Waals surface area contributed by atoms with Crippen molar-refractivity contribution in [2.75, 3.05) is 21.3 Å². The van der Waals surface area contributed by atoms with Gasteiger partial charge < -0.3 is 14.2 Å². The minimum absolute atomic E-state index is 0.237. The first-order chi connectivity index (χ1) is 13.5. The molecule has 0 aliphatic heterocycles. The topological polar surface area (TPSA) is 61.8 Å². The van der Waals surface area contributed by atoms with E-state index in [0.29, 0.717) is 28.4 Å². The lowest BCUT2D eigenvalue weighted by molar-refractivity contribution is 0.347. The smallest absolute Gasteiger partial charge is 0.189 e. The minimum atomic E-state index is -3.76. The van der Waals surface area contributed by atoms with Crippen molar-refractivity contribution in [2.24, 2.45) is 0 Å². The predicted molar refractivity (Wildman–Crippen MR) is 108 cm³/mol. The maximum Gasteiger partial charge on any atom is 0.189 e. The van der Waals surface area contributed by atoms with Crippen molar-refractivity contribution in [1.82, 2.24) is 0 Å². The van der Waals surface area contributed by atoms with Gasteiger partial charge in [-0.1, -0.05) is 48.5 Å². The molecule has 0 amide bonds. The molecule has 0 aliphatic rings. The van der Waals surface area contributed by atoms with Gasteiger partial charge in [-0.25, -0.2) is 8.42 Å². The molecule has 0 aromatic heterocycles. The Balaban J connectivity index is 2.30. The van der Waals surface area contributed by atoms with Crippen LogP contribution in [-0.2, 0) is 9.84 Å². The fraction of sp³-hybridized carbons (Fsp3) is 0.182. The van der Waals surface area contributed by atoms with Crippen LogP contribution in [0, 0.1) is 0 Å². The standard InChI is InChI=1S/C22H22O5S/c1-25-19-15-21(27-3)20(26-2)14-18(19)22(16-10-6-4-7-11-16)28(23,24)17-12-8-5-9-13-17/h4-15,22H,1-3H3. The monoisotopic (exact) mass is 398 g/mol. The molecular weight excluding hydrogens is 376 g/mol. The number of hydrogen-bond donors (Lipinski definition) is 0. The molecule has 6 heteroatoms. The van der Waals surface area contributed by atoms with Crippen LogP contribution in [-0.4, -0.2) is 29.7 Å². The molecule has 5 nitrogen and oxygen atoms in total. The molecular formula is C22H22O5S. The average Bonchev–Trinajstić information content (AvgIpc) is 2.74. The van der Waals surface area contributed by atoms with Gasteiger partial charge >= 0.3 is 0 Å². The second-order valence-corrected chi connectivity index (χ2v) is 8.13. The summed E-state index contributed by atoms with van der Waals surface area (Å²) in [6.07, 6.45) is 0. The van der Waals surface area contributed by atoms with Crippen LogP contribution in [0.1, 0.15) is 16.4 Å². The van der Waals surface area contributed by atoms with E-state index in [1.165, 1.54) is 21.3 Å². The van der Waals surface area contributed by atoms with E-state index >= 15 is 0 Å². The molecule has 0 saturated carbocycles. The molecule has 0 saturated heterocycles. The third-order valence-corrected chi connectivity index (χ3v) is 6.58. The van der Waals surface area contributed by atoms with E-state index in [-0.39, 0.29) is 4.90 Å². The first kappa shape index (κ1) is 19.8. The summed E-state index contributed by atoms with van der Waals surface area (Å²) in [5.41, 5.74) is 1.12. The summed E-state index contributed by atoms with van der Waals surface area (Å²) < 4.78 is 43.5. The lowest BCUT2D eigenvalue weighted by Crippen LogP contribution is -2.16. The van der Waals surface area contributed by atoms with E-state index in [2.05, 4.69) is 0 Å². The number of methoxy groups -OCH3 is 3. The summed E-state index contributed by atoms with van der Waals surface area (Å²) >= 11 is 0. The first-order valence-electron chi connectivity index (χ1n) is 8.66. The van der Waals surface area contributed by atoms with Crippen LogP contribution in [0.4, 0.5) is 0 Å². The zero-order valence-electron chi connectivity index (χ0n) is 16.0. The van der Waals surface area contributed by atoms with Crippen LogP contribution in [0.2, 0.25) is 0 Å². The predicted octanol–water partition coefficient (Wildman–Crippen LogP) is 4.28. The molecule has 146 valence electrons. The Morgan fingerprint density at radius 3 is 1.71 bits per heavy atom. The molecule has 0 aliphatic carbocycles. The molecule has 0 fully saturated rings. The summed E-state index contributed by atoms with van der Waals surface area (Å²) in [5.74, 6) is 1.31. The highest BCUT2D eigenvalue weighted by molar-refractivity contribution is 7.92. The Bertz CT molecular complexity index is 1030. The van der Waals surface area contributed by atoms with E-state index in [4.69, 9.17) is 14.2 Å². The van der Waals surface area contributed by atoms with Crippen LogP contribution in [0.15, 0.2) is 77.7 Å². The second kappa shape index (κ2) is 8.35. The third kappa shape index (κ3) is 3.68. The zero-order chi connectivity index (χ0) is 20.1. The van der Waals surface area contributed by atoms with E-state index < -0.39 is 15.1 Å². The molecule has 0 N–H and O–H groups in total. The average molecular weight is 398 g/mol. The van der Waals surface area contributed by atoms with Crippen molar-refractivity contribution >= 4 is 9.84 Å². The number of hydrogen-bond acceptors (Lipinski definition) is 5. The van der Waals surface area contributed by atoms with Crippen LogP contribution in [0.5, 0.6) is 17.2 Å². The van der Waals surface area contributed by atoms with Crippen LogP contribution >= 0.6 is 0 Å². The number of benzene rings is 3. The summed E-state index contributed by atoms with van der Waals surface area (Å²) in [4.78, 5) is 0.237. The number of rotatable bonds is 7. The highest BCUT2D eigenvalue weighted by Gasteiger charge is 2.34. The van der Waals surface area contributed by atoms with Gasteiger partial charge in [-0.05, 0) is 23.8 Å². The molecule has 3 aromatic carbocycles. The lowest BCUT2D eigenvalue weighted by atomic mass is 10.0. The van der Waals surface area contributed by atoms with Crippen LogP contribution in [0.25, 0.3) is 0 Å². The normalized spacial score (nSPS) is 12.2. The summed E-state index contributed by atoms with van der Waals surface area (Å²) in [6, 6.07) is 20.8. The molecule has 28 heavy (non-hydrogen) atoms. The van der Waals surface area contributed by atoms with Crippen molar-refractivity contribution in [3.63, 3.8) is 0 Å². The van der Waals surface area contributed by atoms with Gasteiger partial charge in [-0.3, -0.25) is 0 Å². The van der Waals surface area contributed by atoms with Crippen molar-refractivity contribution in [2.45, 2.75) is 10.1 Å². The van der Waals surface area contributed by atoms with Gasteiger partial charge in [-0.15, -0.1) is 0 Å². The van der Waals surface area contributed by atoms with E-state index in [0.717, 1.165) is 0 Å². The van der Waals surface area contributed by atoms with Gasteiger partial charge in [0.1, 0.15) is 11.0 Å².